The molecule has 2 aromatic carbocycles. The number of carboxylic acid groups (broad SMARTS) is 1. The van der Waals surface area contributed by atoms with Crippen LogP contribution in [0.1, 0.15) is 28.0 Å². The molecule has 0 saturated carbocycles. The molecule has 9 heteroatoms. The molecule has 1 aromatic heterocycles. The molecule has 0 aliphatic heterocycles. The summed E-state index contributed by atoms with van der Waals surface area (Å²) < 4.78 is 55.7. The Labute approximate surface area is 160 Å². The molecule has 4 nitrogen and oxygen atoms in total. The van der Waals surface area contributed by atoms with Crippen molar-refractivity contribution in [1.29, 1.82) is 0 Å². The van der Waals surface area contributed by atoms with Gasteiger partial charge in [-0.2, -0.15) is 13.2 Å². The fourth-order valence-corrected chi connectivity index (χ4v) is 3.17. The first-order valence-corrected chi connectivity index (χ1v) is 8.39. The summed E-state index contributed by atoms with van der Waals surface area (Å²) in [7, 11) is 0. The molecule has 1 heterocycles. The molecule has 0 atom stereocenters. The van der Waals surface area contributed by atoms with E-state index < -0.39 is 53.4 Å². The molecule has 0 fully saturated rings. The van der Waals surface area contributed by atoms with Crippen molar-refractivity contribution in [3.63, 3.8) is 0 Å². The van der Waals surface area contributed by atoms with Crippen LogP contribution in [-0.2, 0) is 17.4 Å². The molecular formula is C19H12ClF4NO3. The molecule has 0 amide bonds. The van der Waals surface area contributed by atoms with Crippen LogP contribution < -0.4 is 0 Å². The molecule has 0 spiro atoms. The number of hydrogen-bond acceptors (Lipinski definition) is 2. The van der Waals surface area contributed by atoms with Gasteiger partial charge in [-0.25, -0.2) is 4.39 Å². The number of carbonyl (C=O) groups excluding carboxylic acids is 1. The molecule has 3 aromatic rings. The van der Waals surface area contributed by atoms with Gasteiger partial charge in [0.25, 0.3) is 5.91 Å². The Hall–Kier alpha value is -2.87. The Kier molecular flexibility index (Phi) is 5.16. The summed E-state index contributed by atoms with van der Waals surface area (Å²) in [6, 6.07) is 8.19. The quantitative estimate of drug-likeness (QED) is 0.601. The maximum absolute atomic E-state index is 13.8. The minimum atomic E-state index is -4.91. The fraction of sp³-hybridized carbons (Fsp3) is 0.158. The van der Waals surface area contributed by atoms with E-state index in [9.17, 15) is 27.2 Å². The number of benzene rings is 2. The lowest BCUT2D eigenvalue weighted by molar-refractivity contribution is -0.139. The third-order valence-corrected chi connectivity index (χ3v) is 4.43. The highest BCUT2D eigenvalue weighted by molar-refractivity contribution is 6.30. The Bertz CT molecular complexity index is 1070. The van der Waals surface area contributed by atoms with Gasteiger partial charge < -0.3 is 5.11 Å². The Balaban J connectivity index is 2.32. The lowest BCUT2D eigenvalue weighted by Gasteiger charge is -2.12. The van der Waals surface area contributed by atoms with E-state index in [4.69, 9.17) is 16.7 Å². The molecule has 0 saturated heterocycles. The standard InChI is InChI=1S/C19H12ClF4NO3/c20-11-3-1-10(2-4-11)18(28)25-14-6-5-12(21)9-13(14)17(19(22,23)24)15(25)7-8-16(26)27/h1-6,9H,7-8H2,(H,26,27). The van der Waals surface area contributed by atoms with Crippen molar-refractivity contribution in [3.05, 3.63) is 70.1 Å². The van der Waals surface area contributed by atoms with Crippen LogP contribution in [0.15, 0.2) is 42.5 Å². The molecule has 0 aliphatic rings. The number of halogens is 5. The molecule has 0 aliphatic carbocycles. The number of aliphatic carboxylic acids is 1. The van der Waals surface area contributed by atoms with Gasteiger partial charge in [-0.05, 0) is 48.9 Å². The monoisotopic (exact) mass is 413 g/mol. The number of carbonyl (C=O) groups is 2. The van der Waals surface area contributed by atoms with E-state index in [-0.39, 0.29) is 11.1 Å². The van der Waals surface area contributed by atoms with E-state index in [1.54, 1.807) is 0 Å². The molecule has 0 radical (unpaired) electrons. The summed E-state index contributed by atoms with van der Waals surface area (Å²) in [5.41, 5.74) is -1.86. The predicted octanol–water partition coefficient (Wildman–Crippen LogP) is 5.16. The van der Waals surface area contributed by atoms with E-state index in [0.29, 0.717) is 11.1 Å². The number of alkyl halides is 3. The molecule has 1 N–H and O–H groups in total. The van der Waals surface area contributed by atoms with Crippen molar-refractivity contribution >= 4 is 34.4 Å². The topological polar surface area (TPSA) is 59.3 Å². The average Bonchev–Trinajstić information content (AvgIpc) is 2.93. The van der Waals surface area contributed by atoms with E-state index in [2.05, 4.69) is 0 Å². The zero-order chi connectivity index (χ0) is 20.6. The molecule has 28 heavy (non-hydrogen) atoms. The maximum atomic E-state index is 13.8. The van der Waals surface area contributed by atoms with Crippen molar-refractivity contribution < 1.29 is 32.3 Å². The van der Waals surface area contributed by atoms with Crippen LogP contribution >= 0.6 is 11.6 Å². The lowest BCUT2D eigenvalue weighted by atomic mass is 10.1. The Morgan fingerprint density at radius 1 is 1.07 bits per heavy atom. The van der Waals surface area contributed by atoms with Gasteiger partial charge in [0.2, 0.25) is 0 Å². The number of nitrogens with zero attached hydrogens (tertiary/aromatic N) is 1. The third-order valence-electron chi connectivity index (χ3n) is 4.18. The minimum absolute atomic E-state index is 0.0518. The van der Waals surface area contributed by atoms with Crippen LogP contribution in [0.3, 0.4) is 0 Å². The van der Waals surface area contributed by atoms with Crippen LogP contribution in [0.5, 0.6) is 0 Å². The minimum Gasteiger partial charge on any atom is -0.481 e. The highest BCUT2D eigenvalue weighted by Gasteiger charge is 2.39. The van der Waals surface area contributed by atoms with Gasteiger partial charge in [-0.3, -0.25) is 14.2 Å². The van der Waals surface area contributed by atoms with Gasteiger partial charge in [-0.1, -0.05) is 11.6 Å². The van der Waals surface area contributed by atoms with E-state index >= 15 is 0 Å². The summed E-state index contributed by atoms with van der Waals surface area (Å²) in [4.78, 5) is 23.9. The largest absolute Gasteiger partial charge is 0.481 e. The van der Waals surface area contributed by atoms with Crippen molar-refractivity contribution in [1.82, 2.24) is 4.57 Å². The summed E-state index contributed by atoms with van der Waals surface area (Å²) in [6.07, 6.45) is -6.10. The first kappa shape index (κ1) is 19.9. The van der Waals surface area contributed by atoms with Crippen LogP contribution in [-0.4, -0.2) is 21.6 Å². The van der Waals surface area contributed by atoms with Gasteiger partial charge in [-0.15, -0.1) is 0 Å². The molecule has 0 unspecified atom stereocenters. The van der Waals surface area contributed by atoms with E-state index in [1.807, 2.05) is 0 Å². The zero-order valence-corrected chi connectivity index (χ0v) is 14.8. The first-order valence-electron chi connectivity index (χ1n) is 8.01. The summed E-state index contributed by atoms with van der Waals surface area (Å²) in [6.45, 7) is 0. The summed E-state index contributed by atoms with van der Waals surface area (Å²) in [5.74, 6) is -3.03. The second kappa shape index (κ2) is 7.27. The second-order valence-electron chi connectivity index (χ2n) is 6.02. The Morgan fingerprint density at radius 3 is 2.29 bits per heavy atom. The molecule has 3 rings (SSSR count). The van der Waals surface area contributed by atoms with Crippen LogP contribution in [0.25, 0.3) is 10.9 Å². The van der Waals surface area contributed by atoms with E-state index in [0.717, 1.165) is 16.7 Å². The predicted molar refractivity (Wildman–Crippen MR) is 94.0 cm³/mol. The van der Waals surface area contributed by atoms with Gasteiger partial charge in [0, 0.05) is 21.7 Å². The normalized spacial score (nSPS) is 11.8. The third kappa shape index (κ3) is 3.73. The number of rotatable bonds is 4. The fourth-order valence-electron chi connectivity index (χ4n) is 3.05. The number of hydrogen-bond donors (Lipinski definition) is 1. The lowest BCUT2D eigenvalue weighted by Crippen LogP contribution is -2.18. The first-order chi connectivity index (χ1) is 13.1. The highest BCUT2D eigenvalue weighted by Crippen LogP contribution is 2.40. The van der Waals surface area contributed by atoms with E-state index in [1.165, 1.54) is 24.3 Å². The van der Waals surface area contributed by atoms with Gasteiger partial charge >= 0.3 is 12.1 Å². The second-order valence-corrected chi connectivity index (χ2v) is 6.46. The summed E-state index contributed by atoms with van der Waals surface area (Å²) >= 11 is 5.78. The van der Waals surface area contributed by atoms with Gasteiger partial charge in [0.15, 0.2) is 0 Å². The van der Waals surface area contributed by atoms with Crippen molar-refractivity contribution in [2.45, 2.75) is 19.0 Å². The highest BCUT2D eigenvalue weighted by atomic mass is 35.5. The van der Waals surface area contributed by atoms with Crippen LogP contribution in [0, 0.1) is 5.82 Å². The average molecular weight is 414 g/mol. The SMILES string of the molecule is O=C(O)CCc1c(C(F)(F)F)c2cc(F)ccc2n1C(=O)c1ccc(Cl)cc1. The van der Waals surface area contributed by atoms with Crippen molar-refractivity contribution in [2.75, 3.05) is 0 Å². The molecule has 0 bridgehead atoms. The number of fused-ring (bicyclic) bond motifs is 1. The van der Waals surface area contributed by atoms with Crippen molar-refractivity contribution in [2.24, 2.45) is 0 Å². The number of carboxylic acids is 1. The van der Waals surface area contributed by atoms with Gasteiger partial charge in [0.1, 0.15) is 5.82 Å². The smallest absolute Gasteiger partial charge is 0.418 e. The summed E-state index contributed by atoms with van der Waals surface area (Å²) in [5, 5.41) is 8.74. The maximum Gasteiger partial charge on any atom is 0.418 e. The Morgan fingerprint density at radius 2 is 1.71 bits per heavy atom. The number of aromatic nitrogens is 1. The van der Waals surface area contributed by atoms with Crippen LogP contribution in [0.2, 0.25) is 5.02 Å². The molecule has 146 valence electrons. The molecular weight excluding hydrogens is 402 g/mol. The zero-order valence-electron chi connectivity index (χ0n) is 14.1. The van der Waals surface area contributed by atoms with Crippen LogP contribution in [0.4, 0.5) is 17.6 Å². The van der Waals surface area contributed by atoms with Gasteiger partial charge in [0.05, 0.1) is 17.5 Å². The van der Waals surface area contributed by atoms with Crippen molar-refractivity contribution in [3.8, 4) is 0 Å².